The number of hydrogen-bond acceptors (Lipinski definition) is 6. The number of nitrogens with zero attached hydrogens (tertiary/aromatic N) is 2. The van der Waals surface area contributed by atoms with Crippen molar-refractivity contribution in [3.05, 3.63) is 54.2 Å². The summed E-state index contributed by atoms with van der Waals surface area (Å²) in [4.78, 5) is 12.4. The van der Waals surface area contributed by atoms with Crippen LogP contribution < -0.4 is 10.9 Å². The molecule has 1 fully saturated rings. The fourth-order valence-corrected chi connectivity index (χ4v) is 3.51. The summed E-state index contributed by atoms with van der Waals surface area (Å²) in [6, 6.07) is 14.0. The largest absolute Gasteiger partial charge is 0.286 e. The SMILES string of the molecule is CS(=O)(=O)c1ccc(-c2ccc3cc(C(=O)NNCC4CC4)nnc3c2)cc1. The summed E-state index contributed by atoms with van der Waals surface area (Å²) in [5.74, 6) is 0.350. The van der Waals surface area contributed by atoms with Gasteiger partial charge in [-0.25, -0.2) is 13.8 Å². The molecule has 1 amide bonds. The number of rotatable bonds is 6. The molecule has 0 atom stereocenters. The van der Waals surface area contributed by atoms with E-state index in [0.717, 1.165) is 23.1 Å². The fourth-order valence-electron chi connectivity index (χ4n) is 2.88. The molecule has 8 heteroatoms. The highest BCUT2D eigenvalue weighted by Crippen LogP contribution is 2.27. The first-order valence-electron chi connectivity index (χ1n) is 9.01. The minimum absolute atomic E-state index is 0.251. The van der Waals surface area contributed by atoms with Gasteiger partial charge in [0.15, 0.2) is 15.5 Å². The quantitative estimate of drug-likeness (QED) is 0.620. The van der Waals surface area contributed by atoms with Gasteiger partial charge in [-0.2, -0.15) is 0 Å². The fraction of sp³-hybridized carbons (Fsp3) is 0.250. The van der Waals surface area contributed by atoms with Crippen LogP contribution in [-0.2, 0) is 9.84 Å². The van der Waals surface area contributed by atoms with Gasteiger partial charge in [0.2, 0.25) is 0 Å². The Kier molecular flexibility index (Phi) is 4.82. The molecule has 4 rings (SSSR count). The van der Waals surface area contributed by atoms with E-state index in [9.17, 15) is 13.2 Å². The van der Waals surface area contributed by atoms with Crippen LogP contribution in [0, 0.1) is 5.92 Å². The Morgan fingerprint density at radius 3 is 2.43 bits per heavy atom. The van der Waals surface area contributed by atoms with E-state index in [1.807, 2.05) is 18.2 Å². The average molecular weight is 396 g/mol. The Hall–Kier alpha value is -2.84. The third-order valence-corrected chi connectivity index (χ3v) is 5.85. The summed E-state index contributed by atoms with van der Waals surface area (Å²) in [7, 11) is -3.22. The molecule has 1 heterocycles. The van der Waals surface area contributed by atoms with Gasteiger partial charge in [-0.3, -0.25) is 10.2 Å². The molecule has 0 aliphatic heterocycles. The molecule has 2 aromatic carbocycles. The third-order valence-electron chi connectivity index (χ3n) is 4.73. The lowest BCUT2D eigenvalue weighted by atomic mass is 10.0. The number of hydrogen-bond donors (Lipinski definition) is 2. The highest BCUT2D eigenvalue weighted by Gasteiger charge is 2.21. The van der Waals surface area contributed by atoms with Crippen LogP contribution >= 0.6 is 0 Å². The van der Waals surface area contributed by atoms with Crippen LogP contribution in [-0.4, -0.2) is 37.3 Å². The van der Waals surface area contributed by atoms with Crippen molar-refractivity contribution in [1.82, 2.24) is 21.0 Å². The van der Waals surface area contributed by atoms with Gasteiger partial charge in [-0.05, 0) is 54.2 Å². The Bertz CT molecular complexity index is 1140. The van der Waals surface area contributed by atoms with Gasteiger partial charge in [-0.15, -0.1) is 10.2 Å². The molecule has 0 radical (unpaired) electrons. The zero-order chi connectivity index (χ0) is 19.7. The number of benzene rings is 2. The number of fused-ring (bicyclic) bond motifs is 1. The molecule has 0 unspecified atom stereocenters. The summed E-state index contributed by atoms with van der Waals surface area (Å²) < 4.78 is 23.2. The highest BCUT2D eigenvalue weighted by atomic mass is 32.2. The molecule has 1 aromatic heterocycles. The van der Waals surface area contributed by atoms with E-state index in [0.29, 0.717) is 11.4 Å². The molecule has 1 saturated carbocycles. The van der Waals surface area contributed by atoms with E-state index >= 15 is 0 Å². The van der Waals surface area contributed by atoms with E-state index < -0.39 is 9.84 Å². The van der Waals surface area contributed by atoms with Gasteiger partial charge >= 0.3 is 0 Å². The van der Waals surface area contributed by atoms with Crippen LogP contribution in [0.4, 0.5) is 0 Å². The molecular formula is C20H20N4O3S. The van der Waals surface area contributed by atoms with Gasteiger partial charge in [0.25, 0.3) is 5.91 Å². The Morgan fingerprint density at radius 1 is 1.04 bits per heavy atom. The first kappa shape index (κ1) is 18.5. The predicted molar refractivity (Wildman–Crippen MR) is 106 cm³/mol. The van der Waals surface area contributed by atoms with E-state index in [-0.39, 0.29) is 16.5 Å². The normalized spacial score (nSPS) is 14.2. The molecule has 3 aromatic rings. The van der Waals surface area contributed by atoms with Crippen molar-refractivity contribution >= 4 is 26.6 Å². The van der Waals surface area contributed by atoms with Crippen molar-refractivity contribution in [3.8, 4) is 11.1 Å². The third kappa shape index (κ3) is 4.18. The monoisotopic (exact) mass is 396 g/mol. The van der Waals surface area contributed by atoms with Crippen LogP contribution in [0.3, 0.4) is 0 Å². The molecule has 144 valence electrons. The molecule has 2 N–H and O–H groups in total. The minimum Gasteiger partial charge on any atom is -0.286 e. The molecule has 28 heavy (non-hydrogen) atoms. The number of carbonyl (C=O) groups is 1. The van der Waals surface area contributed by atoms with Crippen molar-refractivity contribution in [2.75, 3.05) is 12.8 Å². The van der Waals surface area contributed by atoms with Gasteiger partial charge in [0.1, 0.15) is 0 Å². The van der Waals surface area contributed by atoms with Crippen LogP contribution in [0.15, 0.2) is 53.4 Å². The summed E-state index contributed by atoms with van der Waals surface area (Å²) in [6.07, 6.45) is 3.60. The van der Waals surface area contributed by atoms with Crippen LogP contribution in [0.25, 0.3) is 22.0 Å². The first-order valence-corrected chi connectivity index (χ1v) is 10.9. The number of hydrazine groups is 1. The summed E-state index contributed by atoms with van der Waals surface area (Å²) >= 11 is 0. The maximum absolute atomic E-state index is 12.2. The van der Waals surface area contributed by atoms with Gasteiger partial charge in [0, 0.05) is 18.2 Å². The number of nitrogens with one attached hydrogen (secondary N) is 2. The number of amides is 1. The van der Waals surface area contributed by atoms with Gasteiger partial charge in [0.05, 0.1) is 10.4 Å². The molecule has 0 spiro atoms. The van der Waals surface area contributed by atoms with E-state index in [1.165, 1.54) is 19.1 Å². The second-order valence-electron chi connectivity index (χ2n) is 7.08. The first-order chi connectivity index (χ1) is 13.4. The lowest BCUT2D eigenvalue weighted by molar-refractivity contribution is 0.0926. The molecule has 1 aliphatic carbocycles. The topological polar surface area (TPSA) is 101 Å². The van der Waals surface area contributed by atoms with Crippen LogP contribution in [0.5, 0.6) is 0 Å². The molecule has 0 saturated heterocycles. The van der Waals surface area contributed by atoms with Crippen molar-refractivity contribution in [1.29, 1.82) is 0 Å². The second kappa shape index (κ2) is 7.29. The van der Waals surface area contributed by atoms with Gasteiger partial charge in [-0.1, -0.05) is 24.3 Å². The Labute approximate surface area is 163 Å². The lowest BCUT2D eigenvalue weighted by Gasteiger charge is -2.07. The molecular weight excluding hydrogens is 376 g/mol. The van der Waals surface area contributed by atoms with Crippen molar-refractivity contribution < 1.29 is 13.2 Å². The average Bonchev–Trinajstić information content (AvgIpc) is 3.51. The van der Waals surface area contributed by atoms with E-state index in [1.54, 1.807) is 30.3 Å². The number of aromatic nitrogens is 2. The zero-order valence-corrected chi connectivity index (χ0v) is 16.2. The number of sulfone groups is 1. The molecule has 1 aliphatic rings. The Balaban J connectivity index is 1.53. The van der Waals surface area contributed by atoms with Crippen molar-refractivity contribution in [2.24, 2.45) is 5.92 Å². The second-order valence-corrected chi connectivity index (χ2v) is 9.09. The smallest absolute Gasteiger partial charge is 0.285 e. The van der Waals surface area contributed by atoms with Gasteiger partial charge < -0.3 is 0 Å². The summed E-state index contributed by atoms with van der Waals surface area (Å²) in [5, 5.41) is 8.99. The maximum atomic E-state index is 12.2. The van der Waals surface area contributed by atoms with Crippen LogP contribution in [0.1, 0.15) is 23.3 Å². The zero-order valence-electron chi connectivity index (χ0n) is 15.3. The highest BCUT2D eigenvalue weighted by molar-refractivity contribution is 7.90. The van der Waals surface area contributed by atoms with Crippen molar-refractivity contribution in [3.63, 3.8) is 0 Å². The minimum atomic E-state index is -3.22. The van der Waals surface area contributed by atoms with Crippen molar-refractivity contribution in [2.45, 2.75) is 17.7 Å². The standard InChI is InChI=1S/C20H20N4O3S/c1-28(26,27)17-8-6-14(7-9-17)15-4-5-16-11-19(23-22-18(16)10-15)20(25)24-21-12-13-2-3-13/h4-11,13,21H,2-3,12H2,1H3,(H,24,25). The van der Waals surface area contributed by atoms with E-state index in [2.05, 4.69) is 21.0 Å². The summed E-state index contributed by atoms with van der Waals surface area (Å²) in [5.41, 5.74) is 8.26. The predicted octanol–water partition coefficient (Wildman–Crippen LogP) is 2.34. The van der Waals surface area contributed by atoms with Crippen LogP contribution in [0.2, 0.25) is 0 Å². The lowest BCUT2D eigenvalue weighted by Crippen LogP contribution is -2.39. The number of carbonyl (C=O) groups excluding carboxylic acids is 1. The van der Waals surface area contributed by atoms with E-state index in [4.69, 9.17) is 0 Å². The maximum Gasteiger partial charge on any atom is 0.285 e. The molecule has 7 nitrogen and oxygen atoms in total. The molecule has 0 bridgehead atoms. The summed E-state index contributed by atoms with van der Waals surface area (Å²) in [6.45, 7) is 0.772. The Morgan fingerprint density at radius 2 is 1.75 bits per heavy atom.